The molecule has 1 saturated heterocycles. The molecule has 0 spiro atoms. The highest BCUT2D eigenvalue weighted by Crippen LogP contribution is 2.37. The van der Waals surface area contributed by atoms with Crippen LogP contribution in [0.4, 0.5) is 0 Å². The zero-order chi connectivity index (χ0) is 13.3. The first kappa shape index (κ1) is 15.1. The van der Waals surface area contributed by atoms with Gasteiger partial charge in [-0.05, 0) is 28.4 Å². The second-order valence-corrected chi connectivity index (χ2v) is 10.3. The van der Waals surface area contributed by atoms with Crippen molar-refractivity contribution in [2.24, 2.45) is 0 Å². The van der Waals surface area contributed by atoms with E-state index >= 15 is 0 Å². The molecule has 1 unspecified atom stereocenters. The fourth-order valence-electron chi connectivity index (χ4n) is 1.74. The van der Waals surface area contributed by atoms with Gasteiger partial charge in [0.05, 0.1) is 8.81 Å². The van der Waals surface area contributed by atoms with E-state index in [1.54, 1.807) is 4.31 Å². The van der Waals surface area contributed by atoms with Crippen molar-refractivity contribution in [3.05, 3.63) is 14.9 Å². The average molecular weight is 391 g/mol. The molecule has 0 bridgehead atoms. The van der Waals surface area contributed by atoms with E-state index in [1.165, 1.54) is 17.4 Å². The Hall–Kier alpha value is 0.730. The molecule has 1 aliphatic heterocycles. The average Bonchev–Trinajstić information content (AvgIpc) is 2.70. The molecule has 18 heavy (non-hydrogen) atoms. The van der Waals surface area contributed by atoms with E-state index < -0.39 is 10.0 Å². The Balaban J connectivity index is 2.25. The van der Waals surface area contributed by atoms with Gasteiger partial charge in [0, 0.05) is 24.1 Å². The molecule has 102 valence electrons. The molecule has 0 amide bonds. The predicted octanol–water partition coefficient (Wildman–Crippen LogP) is 3.68. The Bertz CT molecular complexity index is 512. The maximum absolute atomic E-state index is 12.5. The lowest BCUT2D eigenvalue weighted by Gasteiger charge is -2.30. The number of halogens is 2. The first-order valence-corrected chi connectivity index (χ1v) is 9.99. The molecule has 1 aliphatic rings. The van der Waals surface area contributed by atoms with Crippen molar-refractivity contribution in [1.29, 1.82) is 0 Å². The van der Waals surface area contributed by atoms with Gasteiger partial charge in [0.1, 0.15) is 4.21 Å². The lowest BCUT2D eigenvalue weighted by atomic mass is 10.3. The molecule has 1 atom stereocenters. The fourth-order valence-corrected chi connectivity index (χ4v) is 7.17. The van der Waals surface area contributed by atoms with Crippen LogP contribution in [-0.4, -0.2) is 36.8 Å². The van der Waals surface area contributed by atoms with Gasteiger partial charge in [0.25, 0.3) is 10.0 Å². The van der Waals surface area contributed by atoms with Crippen LogP contribution in [0.15, 0.2) is 14.1 Å². The lowest BCUT2D eigenvalue weighted by Crippen LogP contribution is -2.41. The molecule has 2 heterocycles. The van der Waals surface area contributed by atoms with Crippen LogP contribution >= 0.6 is 50.6 Å². The van der Waals surface area contributed by atoms with E-state index in [9.17, 15) is 8.42 Å². The van der Waals surface area contributed by atoms with E-state index in [2.05, 4.69) is 22.9 Å². The Morgan fingerprint density at radius 2 is 2.33 bits per heavy atom. The zero-order valence-corrected chi connectivity index (χ0v) is 14.5. The summed E-state index contributed by atoms with van der Waals surface area (Å²) in [6, 6.07) is 1.52. The van der Waals surface area contributed by atoms with Crippen LogP contribution in [-0.2, 0) is 10.0 Å². The summed E-state index contributed by atoms with van der Waals surface area (Å²) in [5.74, 6) is 0.859. The van der Waals surface area contributed by atoms with Crippen molar-refractivity contribution in [3.8, 4) is 0 Å². The van der Waals surface area contributed by atoms with Gasteiger partial charge in [-0.2, -0.15) is 16.1 Å². The second kappa shape index (κ2) is 6.01. The summed E-state index contributed by atoms with van der Waals surface area (Å²) in [6.07, 6.45) is 0.992. The Morgan fingerprint density at radius 3 is 2.89 bits per heavy atom. The molecule has 1 aromatic rings. The molecule has 0 N–H and O–H groups in total. The monoisotopic (exact) mass is 389 g/mol. The second-order valence-electron chi connectivity index (χ2n) is 3.95. The molecule has 8 heteroatoms. The van der Waals surface area contributed by atoms with E-state index in [1.807, 2.05) is 11.8 Å². The van der Waals surface area contributed by atoms with Gasteiger partial charge in [0.15, 0.2) is 0 Å². The molecule has 3 nitrogen and oxygen atoms in total. The van der Waals surface area contributed by atoms with Crippen molar-refractivity contribution < 1.29 is 8.42 Å². The maximum Gasteiger partial charge on any atom is 0.252 e. The molecule has 0 radical (unpaired) electrons. The van der Waals surface area contributed by atoms with Gasteiger partial charge < -0.3 is 0 Å². The summed E-state index contributed by atoms with van der Waals surface area (Å²) in [7, 11) is -3.38. The SMILES string of the molecule is CCC1CN(S(=O)(=O)c2cc(Cl)c(Br)s2)CCS1. The Labute approximate surface area is 129 Å². The number of hydrogen-bond acceptors (Lipinski definition) is 4. The van der Waals surface area contributed by atoms with Crippen LogP contribution in [0.2, 0.25) is 5.02 Å². The maximum atomic E-state index is 12.5. The number of rotatable bonds is 3. The highest BCUT2D eigenvalue weighted by Gasteiger charge is 2.31. The number of nitrogens with zero attached hydrogens (tertiary/aromatic N) is 1. The quantitative estimate of drug-likeness (QED) is 0.790. The third kappa shape index (κ3) is 3.07. The molecule has 2 rings (SSSR count). The minimum atomic E-state index is -3.38. The number of thiophene rings is 1. The largest absolute Gasteiger partial charge is 0.252 e. The molecular weight excluding hydrogens is 378 g/mol. The topological polar surface area (TPSA) is 37.4 Å². The van der Waals surface area contributed by atoms with Crippen molar-refractivity contribution in [3.63, 3.8) is 0 Å². The van der Waals surface area contributed by atoms with Gasteiger partial charge in [-0.15, -0.1) is 11.3 Å². The van der Waals surface area contributed by atoms with Gasteiger partial charge in [-0.3, -0.25) is 0 Å². The first-order valence-electron chi connectivity index (χ1n) is 5.51. The highest BCUT2D eigenvalue weighted by molar-refractivity contribution is 9.11. The van der Waals surface area contributed by atoms with Crippen LogP contribution in [0.25, 0.3) is 0 Å². The predicted molar refractivity (Wildman–Crippen MR) is 82.3 cm³/mol. The van der Waals surface area contributed by atoms with Crippen molar-refractivity contribution in [2.75, 3.05) is 18.8 Å². The van der Waals surface area contributed by atoms with Crippen LogP contribution in [0.1, 0.15) is 13.3 Å². The first-order chi connectivity index (χ1) is 8.45. The van der Waals surface area contributed by atoms with E-state index in [-0.39, 0.29) is 0 Å². The summed E-state index contributed by atoms with van der Waals surface area (Å²) < 4.78 is 27.5. The Morgan fingerprint density at radius 1 is 1.61 bits per heavy atom. The standard InChI is InChI=1S/C10H13BrClNO2S3/c1-2-7-6-13(3-4-16-7)18(14,15)9-5-8(12)10(11)17-9/h5,7H,2-4,6H2,1H3. The van der Waals surface area contributed by atoms with Crippen molar-refractivity contribution in [1.82, 2.24) is 4.31 Å². The van der Waals surface area contributed by atoms with Gasteiger partial charge in [-0.1, -0.05) is 18.5 Å². The molecule has 1 aromatic heterocycles. The normalized spacial score (nSPS) is 22.3. The van der Waals surface area contributed by atoms with Crippen LogP contribution in [0, 0.1) is 0 Å². The highest BCUT2D eigenvalue weighted by atomic mass is 79.9. The van der Waals surface area contributed by atoms with E-state index in [0.717, 1.165) is 12.2 Å². The van der Waals surface area contributed by atoms with Crippen LogP contribution in [0.3, 0.4) is 0 Å². The van der Waals surface area contributed by atoms with Gasteiger partial charge >= 0.3 is 0 Å². The minimum Gasteiger partial charge on any atom is -0.206 e. The fraction of sp³-hybridized carbons (Fsp3) is 0.600. The Kier molecular flexibility index (Phi) is 5.05. The minimum absolute atomic E-state index is 0.320. The number of hydrogen-bond donors (Lipinski definition) is 0. The molecular formula is C10H13BrClNO2S3. The zero-order valence-electron chi connectivity index (χ0n) is 9.73. The summed E-state index contributed by atoms with van der Waals surface area (Å²) in [5, 5.41) is 0.851. The van der Waals surface area contributed by atoms with Gasteiger partial charge in [-0.25, -0.2) is 8.42 Å². The number of thioether (sulfide) groups is 1. The van der Waals surface area contributed by atoms with Crippen molar-refractivity contribution >= 4 is 60.7 Å². The smallest absolute Gasteiger partial charge is 0.206 e. The van der Waals surface area contributed by atoms with Crippen LogP contribution in [0.5, 0.6) is 0 Å². The molecule has 0 aromatic carbocycles. The van der Waals surface area contributed by atoms with Crippen LogP contribution < -0.4 is 0 Å². The third-order valence-electron chi connectivity index (χ3n) is 2.77. The van der Waals surface area contributed by atoms with Gasteiger partial charge in [0.2, 0.25) is 0 Å². The van der Waals surface area contributed by atoms with Crippen molar-refractivity contribution in [2.45, 2.75) is 22.8 Å². The molecule has 1 fully saturated rings. The molecule has 0 saturated carbocycles. The summed E-state index contributed by atoms with van der Waals surface area (Å²) >= 11 is 12.2. The lowest BCUT2D eigenvalue weighted by molar-refractivity contribution is 0.417. The summed E-state index contributed by atoms with van der Waals surface area (Å²) in [4.78, 5) is 0. The number of sulfonamides is 1. The third-order valence-corrected chi connectivity index (χ3v) is 8.93. The summed E-state index contributed by atoms with van der Waals surface area (Å²) in [5.41, 5.74) is 0. The molecule has 0 aliphatic carbocycles. The van der Waals surface area contributed by atoms with E-state index in [0.29, 0.717) is 31.4 Å². The summed E-state index contributed by atoms with van der Waals surface area (Å²) in [6.45, 7) is 3.26. The van der Waals surface area contributed by atoms with E-state index in [4.69, 9.17) is 11.6 Å².